The molecule has 1 aliphatic heterocycles. The number of carbonyl (C=O) groups excluding carboxylic acids is 1. The van der Waals surface area contributed by atoms with Crippen molar-refractivity contribution in [1.29, 1.82) is 0 Å². The van der Waals surface area contributed by atoms with Gasteiger partial charge in [0.2, 0.25) is 5.91 Å². The summed E-state index contributed by atoms with van der Waals surface area (Å²) in [5.41, 5.74) is 3.67. The van der Waals surface area contributed by atoms with Crippen molar-refractivity contribution in [3.8, 4) is 0 Å². The molecular weight excluding hydrogens is 319 g/mol. The number of rotatable bonds is 1. The molecule has 3 aromatic rings. The Morgan fingerprint density at radius 3 is 2.96 bits per heavy atom. The second-order valence-corrected chi connectivity index (χ2v) is 7.08. The lowest BCUT2D eigenvalue weighted by Crippen LogP contribution is -2.44. The molecule has 1 fully saturated rings. The van der Waals surface area contributed by atoms with Crippen LogP contribution in [0.3, 0.4) is 0 Å². The molecule has 1 saturated carbocycles. The summed E-state index contributed by atoms with van der Waals surface area (Å²) in [6, 6.07) is 6.16. The molecule has 1 atom stereocenters. The van der Waals surface area contributed by atoms with Gasteiger partial charge in [0.05, 0.1) is 6.04 Å². The Bertz CT molecular complexity index is 1010. The first-order chi connectivity index (χ1) is 12.1. The smallest absolute Gasteiger partial charge is 0.220 e. The summed E-state index contributed by atoms with van der Waals surface area (Å²) in [5, 5.41) is 1.01. The SMILES string of the molecule is CC(=O)N1CC2(CC2)c2c([nH]c3ncncc23)C1c1cccc(F)c1. The highest BCUT2D eigenvalue weighted by atomic mass is 19.1. The molecule has 5 nitrogen and oxygen atoms in total. The Balaban J connectivity index is 1.80. The Kier molecular flexibility index (Phi) is 2.84. The van der Waals surface area contributed by atoms with E-state index in [2.05, 4.69) is 15.0 Å². The molecule has 0 radical (unpaired) electrons. The number of nitrogens with one attached hydrogen (secondary N) is 1. The Hall–Kier alpha value is -2.76. The van der Waals surface area contributed by atoms with E-state index in [4.69, 9.17) is 0 Å². The van der Waals surface area contributed by atoms with Crippen molar-refractivity contribution < 1.29 is 9.18 Å². The Morgan fingerprint density at radius 1 is 1.40 bits per heavy atom. The molecule has 2 aromatic heterocycles. The molecule has 1 aromatic carbocycles. The van der Waals surface area contributed by atoms with Crippen molar-refractivity contribution in [3.63, 3.8) is 0 Å². The number of fused-ring (bicyclic) bond motifs is 4. The lowest BCUT2D eigenvalue weighted by Gasteiger charge is -2.40. The largest absolute Gasteiger partial charge is 0.341 e. The van der Waals surface area contributed by atoms with Gasteiger partial charge in [-0.2, -0.15) is 0 Å². The van der Waals surface area contributed by atoms with Crippen LogP contribution in [0, 0.1) is 5.82 Å². The maximum absolute atomic E-state index is 13.9. The highest BCUT2D eigenvalue weighted by Gasteiger charge is 2.54. The van der Waals surface area contributed by atoms with Gasteiger partial charge >= 0.3 is 0 Å². The first-order valence-corrected chi connectivity index (χ1v) is 8.44. The number of halogens is 1. The van der Waals surface area contributed by atoms with Crippen molar-refractivity contribution in [2.24, 2.45) is 0 Å². The fourth-order valence-corrected chi connectivity index (χ4v) is 4.25. The van der Waals surface area contributed by atoms with E-state index in [-0.39, 0.29) is 23.2 Å². The molecule has 126 valence electrons. The van der Waals surface area contributed by atoms with Gasteiger partial charge in [-0.3, -0.25) is 4.79 Å². The van der Waals surface area contributed by atoms with E-state index < -0.39 is 0 Å². The molecule has 0 saturated heterocycles. The van der Waals surface area contributed by atoms with Gasteiger partial charge in [-0.25, -0.2) is 14.4 Å². The second-order valence-electron chi connectivity index (χ2n) is 7.08. The van der Waals surface area contributed by atoms with Crippen molar-refractivity contribution in [2.75, 3.05) is 6.54 Å². The van der Waals surface area contributed by atoms with Gasteiger partial charge in [-0.1, -0.05) is 12.1 Å². The average molecular weight is 336 g/mol. The van der Waals surface area contributed by atoms with Gasteiger partial charge in [0, 0.05) is 36.2 Å². The number of amides is 1. The van der Waals surface area contributed by atoms with E-state index >= 15 is 0 Å². The highest BCUT2D eigenvalue weighted by Crippen LogP contribution is 2.57. The van der Waals surface area contributed by atoms with E-state index in [1.807, 2.05) is 17.2 Å². The monoisotopic (exact) mass is 336 g/mol. The predicted octanol–water partition coefficient (Wildman–Crippen LogP) is 3.08. The summed E-state index contributed by atoms with van der Waals surface area (Å²) in [5.74, 6) is -0.305. The fraction of sp³-hybridized carbons (Fsp3) is 0.316. The summed E-state index contributed by atoms with van der Waals surface area (Å²) in [4.78, 5) is 26.2. The molecule has 1 aliphatic carbocycles. The van der Waals surface area contributed by atoms with Crippen LogP contribution >= 0.6 is 0 Å². The maximum atomic E-state index is 13.9. The van der Waals surface area contributed by atoms with Crippen LogP contribution in [0.2, 0.25) is 0 Å². The van der Waals surface area contributed by atoms with Crippen molar-refractivity contribution >= 4 is 16.9 Å². The van der Waals surface area contributed by atoms with Crippen LogP contribution < -0.4 is 0 Å². The molecule has 25 heavy (non-hydrogen) atoms. The molecule has 3 heterocycles. The van der Waals surface area contributed by atoms with E-state index in [0.29, 0.717) is 6.54 Å². The number of nitrogens with zero attached hydrogens (tertiary/aromatic N) is 3. The molecular formula is C19H17FN4O. The number of hydrogen-bond acceptors (Lipinski definition) is 3. The summed E-state index contributed by atoms with van der Waals surface area (Å²) in [6.45, 7) is 2.23. The summed E-state index contributed by atoms with van der Waals surface area (Å²) in [6.07, 6.45) is 5.44. The molecule has 1 spiro atoms. The number of carbonyl (C=O) groups is 1. The summed E-state index contributed by atoms with van der Waals surface area (Å²) >= 11 is 0. The zero-order chi connectivity index (χ0) is 17.2. The van der Waals surface area contributed by atoms with Gasteiger partial charge < -0.3 is 9.88 Å². The van der Waals surface area contributed by atoms with Crippen molar-refractivity contribution in [3.05, 3.63) is 59.4 Å². The molecule has 1 N–H and O–H groups in total. The molecule has 0 bridgehead atoms. The van der Waals surface area contributed by atoms with Crippen LogP contribution in [-0.2, 0) is 10.2 Å². The fourth-order valence-electron chi connectivity index (χ4n) is 4.25. The van der Waals surface area contributed by atoms with E-state index in [0.717, 1.165) is 35.1 Å². The van der Waals surface area contributed by atoms with Crippen LogP contribution in [-0.4, -0.2) is 32.3 Å². The lowest BCUT2D eigenvalue weighted by atomic mass is 9.83. The highest BCUT2D eigenvalue weighted by molar-refractivity contribution is 5.85. The third kappa shape index (κ3) is 2.03. The minimum Gasteiger partial charge on any atom is -0.341 e. The molecule has 2 aliphatic rings. The van der Waals surface area contributed by atoms with Gasteiger partial charge in [0.25, 0.3) is 0 Å². The van der Waals surface area contributed by atoms with Crippen LogP contribution in [0.1, 0.15) is 42.6 Å². The van der Waals surface area contributed by atoms with E-state index in [1.165, 1.54) is 24.0 Å². The molecule has 6 heteroatoms. The van der Waals surface area contributed by atoms with Crippen LogP contribution in [0.15, 0.2) is 36.8 Å². The third-order valence-electron chi connectivity index (χ3n) is 5.51. The number of benzene rings is 1. The topological polar surface area (TPSA) is 61.9 Å². The zero-order valence-electron chi connectivity index (χ0n) is 13.8. The predicted molar refractivity (Wildman–Crippen MR) is 90.4 cm³/mol. The number of hydrogen-bond donors (Lipinski definition) is 1. The minimum absolute atomic E-state index is 0.00377. The maximum Gasteiger partial charge on any atom is 0.220 e. The van der Waals surface area contributed by atoms with Gasteiger partial charge in [-0.05, 0) is 36.1 Å². The van der Waals surface area contributed by atoms with Crippen LogP contribution in [0.4, 0.5) is 4.39 Å². The first-order valence-electron chi connectivity index (χ1n) is 8.44. The molecule has 1 unspecified atom stereocenters. The number of aromatic nitrogens is 3. The summed E-state index contributed by atoms with van der Waals surface area (Å²) in [7, 11) is 0. The Morgan fingerprint density at radius 2 is 2.24 bits per heavy atom. The second kappa shape index (κ2) is 4.88. The first kappa shape index (κ1) is 14.6. The van der Waals surface area contributed by atoms with Gasteiger partial charge in [0.1, 0.15) is 17.8 Å². The normalized spacial score (nSPS) is 20.7. The van der Waals surface area contributed by atoms with Crippen LogP contribution in [0.5, 0.6) is 0 Å². The number of H-pyrrole nitrogens is 1. The minimum atomic E-state index is -0.330. The lowest BCUT2D eigenvalue weighted by molar-refractivity contribution is -0.131. The van der Waals surface area contributed by atoms with Crippen molar-refractivity contribution in [1.82, 2.24) is 19.9 Å². The van der Waals surface area contributed by atoms with Crippen molar-refractivity contribution in [2.45, 2.75) is 31.2 Å². The van der Waals surface area contributed by atoms with Gasteiger partial charge in [0.15, 0.2) is 0 Å². The van der Waals surface area contributed by atoms with Crippen LogP contribution in [0.25, 0.3) is 11.0 Å². The van der Waals surface area contributed by atoms with Gasteiger partial charge in [-0.15, -0.1) is 0 Å². The molecule has 1 amide bonds. The quantitative estimate of drug-likeness (QED) is 0.743. The molecule has 5 rings (SSSR count). The average Bonchev–Trinajstić information content (AvgIpc) is 3.24. The summed E-state index contributed by atoms with van der Waals surface area (Å²) < 4.78 is 13.9. The van der Waals surface area contributed by atoms with E-state index in [9.17, 15) is 9.18 Å². The Labute approximate surface area is 143 Å². The third-order valence-corrected chi connectivity index (χ3v) is 5.51. The zero-order valence-corrected chi connectivity index (χ0v) is 13.8. The number of aromatic amines is 1. The van der Waals surface area contributed by atoms with E-state index in [1.54, 1.807) is 13.0 Å². The standard InChI is InChI=1S/C19H17FN4O/c1-11(25)24-9-19(5-6-19)15-14-8-21-10-22-18(14)23-16(15)17(24)12-3-2-4-13(20)7-12/h2-4,7-8,10,17H,5-6,9H2,1H3,(H,21,22,23).